The van der Waals surface area contributed by atoms with E-state index in [1.807, 2.05) is 47.8 Å². The maximum absolute atomic E-state index is 12.9. The largest absolute Gasteiger partial charge is 0.497 e. The molecule has 0 aliphatic rings. The van der Waals surface area contributed by atoms with Gasteiger partial charge in [-0.05, 0) is 42.8 Å². The summed E-state index contributed by atoms with van der Waals surface area (Å²) < 4.78 is 6.86. The van der Waals surface area contributed by atoms with Gasteiger partial charge in [0, 0.05) is 29.8 Å². The van der Waals surface area contributed by atoms with Crippen molar-refractivity contribution >= 4 is 34.0 Å². The van der Waals surface area contributed by atoms with Crippen molar-refractivity contribution in [2.75, 3.05) is 13.7 Å². The predicted molar refractivity (Wildman–Crippen MR) is 121 cm³/mol. The highest BCUT2D eigenvalue weighted by molar-refractivity contribution is 7.98. The number of nitrogens with zero attached hydrogens (tertiary/aromatic N) is 3. The van der Waals surface area contributed by atoms with E-state index in [-0.39, 0.29) is 12.2 Å². The van der Waals surface area contributed by atoms with Crippen LogP contribution in [0.15, 0.2) is 63.9 Å². The van der Waals surface area contributed by atoms with E-state index in [2.05, 4.69) is 0 Å². The van der Waals surface area contributed by atoms with Crippen LogP contribution in [0.1, 0.15) is 12.1 Å². The minimum atomic E-state index is -0.0752. The highest BCUT2D eigenvalue weighted by atomic mass is 32.2. The van der Waals surface area contributed by atoms with Crippen molar-refractivity contribution in [2.45, 2.75) is 23.9 Å². The first kappa shape index (κ1) is 20.6. The first-order valence-corrected chi connectivity index (χ1v) is 11.4. The molecule has 2 aromatic carbocycles. The Morgan fingerprint density at radius 3 is 2.70 bits per heavy atom. The van der Waals surface area contributed by atoms with Gasteiger partial charge in [0.15, 0.2) is 5.16 Å². The van der Waals surface area contributed by atoms with Crippen LogP contribution in [0.4, 0.5) is 0 Å². The fraction of sp³-hybridized carbons (Fsp3) is 0.227. The van der Waals surface area contributed by atoms with E-state index in [0.29, 0.717) is 34.8 Å². The molecular weight excluding hydrogens is 418 g/mol. The Labute approximate surface area is 182 Å². The van der Waals surface area contributed by atoms with Crippen LogP contribution in [-0.4, -0.2) is 33.4 Å². The molecule has 0 fully saturated rings. The van der Waals surface area contributed by atoms with Gasteiger partial charge >= 0.3 is 0 Å². The number of rotatable bonds is 8. The number of ether oxygens (including phenoxy) is 1. The lowest BCUT2D eigenvalue weighted by Crippen LogP contribution is -2.24. The van der Waals surface area contributed by atoms with E-state index in [1.54, 1.807) is 29.1 Å². The number of hydrogen-bond acceptors (Lipinski definition) is 7. The van der Waals surface area contributed by atoms with Crippen molar-refractivity contribution in [3.8, 4) is 16.3 Å². The molecule has 1 N–H and O–H groups in total. The molecule has 0 saturated carbocycles. The summed E-state index contributed by atoms with van der Waals surface area (Å²) in [7, 11) is 1.65. The topological polar surface area (TPSA) is 77.2 Å². The Hall–Kier alpha value is -2.68. The van der Waals surface area contributed by atoms with Gasteiger partial charge in [-0.2, -0.15) is 0 Å². The molecular formula is C22H21N3O3S2. The average molecular weight is 440 g/mol. The molecule has 4 rings (SSSR count). The molecule has 6 nitrogen and oxygen atoms in total. The standard InChI is InChI=1S/C22H21N3O3S2/c1-28-17-9-7-15(8-10-17)20-23-16(13-29-20)14-30-22-24-19-6-3-2-5-18(19)21(27)25(22)11-4-12-26/h2-3,5-10,13,26H,4,11-12,14H2,1H3. The van der Waals surface area contributed by atoms with Crippen LogP contribution in [0.3, 0.4) is 0 Å². The van der Waals surface area contributed by atoms with Gasteiger partial charge in [0.2, 0.25) is 0 Å². The molecule has 0 radical (unpaired) electrons. The Kier molecular flexibility index (Phi) is 6.47. The predicted octanol–water partition coefficient (Wildman–Crippen LogP) is 4.20. The molecule has 0 aliphatic carbocycles. The number of para-hydroxylation sites is 1. The van der Waals surface area contributed by atoms with E-state index in [0.717, 1.165) is 22.0 Å². The number of thioether (sulfide) groups is 1. The second kappa shape index (κ2) is 9.42. The number of aliphatic hydroxyl groups is 1. The zero-order valence-electron chi connectivity index (χ0n) is 16.4. The summed E-state index contributed by atoms with van der Waals surface area (Å²) >= 11 is 3.08. The van der Waals surface area contributed by atoms with Crippen LogP contribution >= 0.6 is 23.1 Å². The summed E-state index contributed by atoms with van der Waals surface area (Å²) in [4.78, 5) is 22.3. The van der Waals surface area contributed by atoms with Crippen molar-refractivity contribution in [1.82, 2.24) is 14.5 Å². The minimum Gasteiger partial charge on any atom is -0.497 e. The molecule has 0 atom stereocenters. The molecule has 0 spiro atoms. The van der Waals surface area contributed by atoms with Crippen LogP contribution in [0.2, 0.25) is 0 Å². The summed E-state index contributed by atoms with van der Waals surface area (Å²) in [6.45, 7) is 0.463. The number of benzene rings is 2. The number of fused-ring (bicyclic) bond motifs is 1. The third-order valence-corrected chi connectivity index (χ3v) is 6.55. The lowest BCUT2D eigenvalue weighted by atomic mass is 10.2. The van der Waals surface area contributed by atoms with E-state index in [1.165, 1.54) is 11.8 Å². The van der Waals surface area contributed by atoms with Crippen LogP contribution in [0, 0.1) is 0 Å². The summed E-state index contributed by atoms with van der Waals surface area (Å²) in [5, 5.41) is 13.4. The smallest absolute Gasteiger partial charge is 0.262 e. The number of methoxy groups -OCH3 is 1. The second-order valence-electron chi connectivity index (χ2n) is 6.61. The van der Waals surface area contributed by atoms with Gasteiger partial charge in [-0.15, -0.1) is 11.3 Å². The van der Waals surface area contributed by atoms with Gasteiger partial charge in [0.1, 0.15) is 10.8 Å². The normalized spacial score (nSPS) is 11.1. The summed E-state index contributed by atoms with van der Waals surface area (Å²) in [5.41, 5.74) is 2.59. The van der Waals surface area contributed by atoms with Crippen LogP contribution in [0.5, 0.6) is 5.75 Å². The highest BCUT2D eigenvalue weighted by Gasteiger charge is 2.13. The van der Waals surface area contributed by atoms with Gasteiger partial charge in [-0.1, -0.05) is 23.9 Å². The summed E-state index contributed by atoms with van der Waals surface area (Å²) in [5.74, 6) is 1.42. The van der Waals surface area contributed by atoms with E-state index < -0.39 is 0 Å². The Bertz CT molecular complexity index is 1200. The first-order valence-electron chi connectivity index (χ1n) is 9.51. The molecule has 0 amide bonds. The van der Waals surface area contributed by atoms with Crippen molar-refractivity contribution in [1.29, 1.82) is 0 Å². The van der Waals surface area contributed by atoms with E-state index in [4.69, 9.17) is 14.7 Å². The van der Waals surface area contributed by atoms with Gasteiger partial charge in [-0.25, -0.2) is 9.97 Å². The molecule has 30 heavy (non-hydrogen) atoms. The lowest BCUT2D eigenvalue weighted by Gasteiger charge is -2.12. The highest BCUT2D eigenvalue weighted by Crippen LogP contribution is 2.28. The molecule has 0 aliphatic heterocycles. The number of aliphatic hydroxyl groups excluding tert-OH is 1. The monoisotopic (exact) mass is 439 g/mol. The maximum Gasteiger partial charge on any atom is 0.262 e. The molecule has 4 aromatic rings. The first-order chi connectivity index (χ1) is 14.7. The second-order valence-corrected chi connectivity index (χ2v) is 8.41. The zero-order valence-corrected chi connectivity index (χ0v) is 18.1. The third kappa shape index (κ3) is 4.40. The van der Waals surface area contributed by atoms with Crippen LogP contribution in [-0.2, 0) is 12.3 Å². The number of hydrogen-bond donors (Lipinski definition) is 1. The van der Waals surface area contributed by atoms with Crippen molar-refractivity contribution < 1.29 is 9.84 Å². The van der Waals surface area contributed by atoms with Gasteiger partial charge < -0.3 is 9.84 Å². The quantitative estimate of drug-likeness (QED) is 0.327. The summed E-state index contributed by atoms with van der Waals surface area (Å²) in [6, 6.07) is 15.2. The molecule has 2 aromatic heterocycles. The molecule has 2 heterocycles. The van der Waals surface area contributed by atoms with Gasteiger partial charge in [0.25, 0.3) is 5.56 Å². The van der Waals surface area contributed by atoms with Crippen molar-refractivity contribution in [3.05, 3.63) is 70.0 Å². The molecule has 0 unspecified atom stereocenters. The lowest BCUT2D eigenvalue weighted by molar-refractivity contribution is 0.276. The average Bonchev–Trinajstić information content (AvgIpc) is 3.26. The molecule has 0 saturated heterocycles. The van der Waals surface area contributed by atoms with Gasteiger partial charge in [0.05, 0.1) is 23.7 Å². The molecule has 154 valence electrons. The number of aromatic nitrogens is 3. The zero-order chi connectivity index (χ0) is 20.9. The van der Waals surface area contributed by atoms with Crippen molar-refractivity contribution in [2.24, 2.45) is 0 Å². The Morgan fingerprint density at radius 1 is 1.13 bits per heavy atom. The minimum absolute atomic E-state index is 0.0285. The third-order valence-electron chi connectivity index (χ3n) is 4.60. The van der Waals surface area contributed by atoms with Crippen LogP contribution < -0.4 is 10.3 Å². The van der Waals surface area contributed by atoms with Crippen LogP contribution in [0.25, 0.3) is 21.5 Å². The van der Waals surface area contributed by atoms with E-state index >= 15 is 0 Å². The fourth-order valence-electron chi connectivity index (χ4n) is 3.06. The Morgan fingerprint density at radius 2 is 1.93 bits per heavy atom. The number of thiazole rings is 1. The molecule has 0 bridgehead atoms. The maximum atomic E-state index is 12.9. The van der Waals surface area contributed by atoms with E-state index in [9.17, 15) is 9.90 Å². The SMILES string of the molecule is COc1ccc(-c2nc(CSc3nc4ccccc4c(=O)n3CCCO)cs2)cc1. The fourth-order valence-corrected chi connectivity index (χ4v) is 4.91. The van der Waals surface area contributed by atoms with Crippen molar-refractivity contribution in [3.63, 3.8) is 0 Å². The van der Waals surface area contributed by atoms with Gasteiger partial charge in [-0.3, -0.25) is 9.36 Å². The summed E-state index contributed by atoms with van der Waals surface area (Å²) in [6.07, 6.45) is 0.506. The molecule has 8 heteroatoms. The Balaban J connectivity index is 1.57.